The van der Waals surface area contributed by atoms with Crippen molar-refractivity contribution in [2.45, 2.75) is 51.4 Å². The lowest BCUT2D eigenvalue weighted by Gasteiger charge is -2.29. The Morgan fingerprint density at radius 3 is 2.88 bits per heavy atom. The highest BCUT2D eigenvalue weighted by Gasteiger charge is 2.43. The molecule has 144 valence electrons. The van der Waals surface area contributed by atoms with Crippen molar-refractivity contribution in [2.24, 2.45) is 0 Å². The van der Waals surface area contributed by atoms with E-state index in [4.69, 9.17) is 4.74 Å². The Bertz CT molecular complexity index is 625. The van der Waals surface area contributed by atoms with Gasteiger partial charge in [0.05, 0.1) is 17.9 Å². The Hall–Kier alpha value is -1.74. The van der Waals surface area contributed by atoms with Gasteiger partial charge in [0, 0.05) is 37.6 Å². The highest BCUT2D eigenvalue weighted by atomic mass is 32.2. The number of H-pyrrole nitrogens is 1. The Morgan fingerprint density at radius 2 is 2.27 bits per heavy atom. The predicted molar refractivity (Wildman–Crippen MR) is 99.6 cm³/mol. The van der Waals surface area contributed by atoms with E-state index in [1.807, 2.05) is 31.9 Å². The van der Waals surface area contributed by atoms with Gasteiger partial charge in [-0.1, -0.05) is 0 Å². The van der Waals surface area contributed by atoms with Crippen LogP contribution >= 0.6 is 11.8 Å². The van der Waals surface area contributed by atoms with E-state index in [-0.39, 0.29) is 11.9 Å². The summed E-state index contributed by atoms with van der Waals surface area (Å²) in [5.41, 5.74) is 0.314. The molecule has 0 saturated carbocycles. The fourth-order valence-corrected chi connectivity index (χ4v) is 4.13. The molecule has 2 aliphatic rings. The summed E-state index contributed by atoms with van der Waals surface area (Å²) < 4.78 is 5.53. The fourth-order valence-electron chi connectivity index (χ4n) is 3.18. The van der Waals surface area contributed by atoms with Gasteiger partial charge in [0.15, 0.2) is 0 Å². The molecule has 2 atom stereocenters. The first-order valence-electron chi connectivity index (χ1n) is 8.90. The first-order chi connectivity index (χ1) is 12.3. The molecular weight excluding hydrogens is 354 g/mol. The zero-order valence-electron chi connectivity index (χ0n) is 15.5. The summed E-state index contributed by atoms with van der Waals surface area (Å²) in [4.78, 5) is 36.1. The molecule has 0 spiro atoms. The van der Waals surface area contributed by atoms with E-state index in [9.17, 15) is 9.59 Å². The van der Waals surface area contributed by atoms with E-state index < -0.39 is 17.7 Å². The van der Waals surface area contributed by atoms with Crippen LogP contribution < -0.4 is 5.32 Å². The van der Waals surface area contributed by atoms with Gasteiger partial charge in [-0.3, -0.25) is 9.69 Å². The lowest BCUT2D eigenvalue weighted by atomic mass is 10.1. The number of nitrogens with one attached hydrogen (secondary N) is 2. The molecule has 3 rings (SSSR count). The van der Waals surface area contributed by atoms with Crippen molar-refractivity contribution < 1.29 is 14.3 Å². The smallest absolute Gasteiger partial charge is 0.411 e. The number of ether oxygens (including phenoxy) is 1. The average Bonchev–Trinajstić information content (AvgIpc) is 3.30. The molecule has 26 heavy (non-hydrogen) atoms. The van der Waals surface area contributed by atoms with Crippen LogP contribution in [0.5, 0.6) is 0 Å². The summed E-state index contributed by atoms with van der Waals surface area (Å²) in [6, 6.07) is -0.441. The van der Waals surface area contributed by atoms with Crippen LogP contribution in [0.3, 0.4) is 0 Å². The number of amides is 2. The second-order valence-electron chi connectivity index (χ2n) is 7.66. The van der Waals surface area contributed by atoms with Crippen LogP contribution in [0.2, 0.25) is 0 Å². The zero-order valence-corrected chi connectivity index (χ0v) is 16.3. The highest BCUT2D eigenvalue weighted by Crippen LogP contribution is 2.25. The first kappa shape index (κ1) is 19.0. The number of imidazole rings is 1. The molecule has 0 aromatic carbocycles. The quantitative estimate of drug-likeness (QED) is 0.820. The lowest BCUT2D eigenvalue weighted by Crippen LogP contribution is -2.48. The molecule has 0 bridgehead atoms. The second kappa shape index (κ2) is 7.87. The minimum Gasteiger partial charge on any atom is -0.444 e. The van der Waals surface area contributed by atoms with Gasteiger partial charge >= 0.3 is 6.09 Å². The number of carbonyl (C=O) groups excluding carboxylic acids is 2. The molecule has 2 fully saturated rings. The Kier molecular flexibility index (Phi) is 5.76. The van der Waals surface area contributed by atoms with Crippen LogP contribution in [0.25, 0.3) is 0 Å². The van der Waals surface area contributed by atoms with Crippen LogP contribution in [-0.2, 0) is 16.1 Å². The van der Waals surface area contributed by atoms with Crippen LogP contribution in [0, 0.1) is 0 Å². The number of hydrogen-bond acceptors (Lipinski definition) is 6. The van der Waals surface area contributed by atoms with Crippen LogP contribution in [0.15, 0.2) is 12.5 Å². The van der Waals surface area contributed by atoms with E-state index in [0.29, 0.717) is 25.4 Å². The first-order valence-corrected chi connectivity index (χ1v) is 10.1. The maximum atomic E-state index is 12.9. The molecule has 0 radical (unpaired) electrons. The van der Waals surface area contributed by atoms with Crippen molar-refractivity contribution in [3.8, 4) is 0 Å². The van der Waals surface area contributed by atoms with Crippen molar-refractivity contribution >= 4 is 23.8 Å². The van der Waals surface area contributed by atoms with Gasteiger partial charge in [0.25, 0.3) is 0 Å². The monoisotopic (exact) mass is 381 g/mol. The van der Waals surface area contributed by atoms with Gasteiger partial charge in [-0.2, -0.15) is 0 Å². The number of rotatable bonds is 4. The number of nitrogens with zero attached hydrogens (tertiary/aromatic N) is 3. The molecule has 9 heteroatoms. The van der Waals surface area contributed by atoms with Crippen molar-refractivity contribution in [1.29, 1.82) is 0 Å². The van der Waals surface area contributed by atoms with Gasteiger partial charge in [0.1, 0.15) is 11.6 Å². The van der Waals surface area contributed by atoms with E-state index in [2.05, 4.69) is 15.3 Å². The molecule has 2 amide bonds. The number of likely N-dealkylation sites (tertiary alicyclic amines) is 1. The number of aromatic amines is 1. The fraction of sp³-hybridized carbons (Fsp3) is 0.706. The minimum atomic E-state index is -0.589. The third-order valence-electron chi connectivity index (χ3n) is 4.41. The summed E-state index contributed by atoms with van der Waals surface area (Å²) >= 11 is 1.74. The topological polar surface area (TPSA) is 90.6 Å². The molecule has 0 aliphatic carbocycles. The summed E-state index contributed by atoms with van der Waals surface area (Å²) in [5, 5.41) is 3.40. The van der Waals surface area contributed by atoms with Crippen LogP contribution in [0.4, 0.5) is 4.79 Å². The van der Waals surface area contributed by atoms with Crippen molar-refractivity contribution in [2.75, 3.05) is 24.7 Å². The van der Waals surface area contributed by atoms with E-state index in [0.717, 1.165) is 18.0 Å². The van der Waals surface area contributed by atoms with E-state index >= 15 is 0 Å². The number of thioether (sulfide) groups is 1. The van der Waals surface area contributed by atoms with E-state index in [1.54, 1.807) is 23.0 Å². The standard InChI is InChI=1S/C17H27N5O3S/c1-17(2,3)25-16(24)22-9-12(19-8-13-7-18-10-20-13)6-14(22)15(23)21-4-5-26-11-21/h7,10,12,14,19H,4-6,8-9,11H2,1-3H3,(H,18,20)/t12-,14-/m0/s1. The molecule has 8 nitrogen and oxygen atoms in total. The summed E-state index contributed by atoms with van der Waals surface area (Å²) in [7, 11) is 0. The highest BCUT2D eigenvalue weighted by molar-refractivity contribution is 7.99. The number of hydrogen-bond donors (Lipinski definition) is 2. The maximum absolute atomic E-state index is 12.9. The third-order valence-corrected chi connectivity index (χ3v) is 5.37. The SMILES string of the molecule is CC(C)(C)OC(=O)N1C[C@@H](NCc2c[nH]cn2)C[C@H]1C(=O)N1CCSC1. The van der Waals surface area contributed by atoms with Crippen molar-refractivity contribution in [3.05, 3.63) is 18.2 Å². The van der Waals surface area contributed by atoms with Crippen LogP contribution in [-0.4, -0.2) is 74.2 Å². The van der Waals surface area contributed by atoms with Crippen LogP contribution in [0.1, 0.15) is 32.9 Å². The molecule has 0 unspecified atom stereocenters. The zero-order chi connectivity index (χ0) is 18.7. The summed E-state index contributed by atoms with van der Waals surface area (Å²) in [5.74, 6) is 1.67. The van der Waals surface area contributed by atoms with Gasteiger partial charge in [-0.15, -0.1) is 11.8 Å². The average molecular weight is 382 g/mol. The molecule has 2 N–H and O–H groups in total. The molecule has 3 heterocycles. The van der Waals surface area contributed by atoms with Crippen molar-refractivity contribution in [1.82, 2.24) is 25.1 Å². The molecule has 2 aliphatic heterocycles. The summed E-state index contributed by atoms with van der Waals surface area (Å²) in [6.07, 6.45) is 3.63. The lowest BCUT2D eigenvalue weighted by molar-refractivity contribution is -0.134. The molecular formula is C17H27N5O3S. The molecule has 2 saturated heterocycles. The Labute approximate surface area is 158 Å². The number of aromatic nitrogens is 2. The number of carbonyl (C=O) groups is 2. The Balaban J connectivity index is 1.67. The molecule has 1 aromatic heterocycles. The van der Waals surface area contributed by atoms with Gasteiger partial charge < -0.3 is 19.9 Å². The van der Waals surface area contributed by atoms with Gasteiger partial charge in [-0.05, 0) is 27.2 Å². The summed E-state index contributed by atoms with van der Waals surface area (Å²) in [6.45, 7) is 7.30. The third kappa shape index (κ3) is 4.70. The largest absolute Gasteiger partial charge is 0.444 e. The van der Waals surface area contributed by atoms with Gasteiger partial charge in [-0.25, -0.2) is 9.78 Å². The maximum Gasteiger partial charge on any atom is 0.411 e. The normalized spacial score (nSPS) is 23.5. The molecule has 1 aromatic rings. The Morgan fingerprint density at radius 1 is 1.46 bits per heavy atom. The second-order valence-corrected chi connectivity index (χ2v) is 8.74. The van der Waals surface area contributed by atoms with E-state index in [1.165, 1.54) is 0 Å². The van der Waals surface area contributed by atoms with Gasteiger partial charge in [0.2, 0.25) is 5.91 Å². The van der Waals surface area contributed by atoms with Crippen molar-refractivity contribution in [3.63, 3.8) is 0 Å². The minimum absolute atomic E-state index is 0.0185. The predicted octanol–water partition coefficient (Wildman–Crippen LogP) is 1.41.